The maximum Gasteiger partial charge on any atom is 0.267 e. The second-order valence-electron chi connectivity index (χ2n) is 9.26. The fraction of sp³-hybridized carbons (Fsp3) is 0.385. The molecule has 1 saturated heterocycles. The summed E-state index contributed by atoms with van der Waals surface area (Å²) in [6.45, 7) is 4.83. The van der Waals surface area contributed by atoms with Gasteiger partial charge in [-0.2, -0.15) is 0 Å². The maximum absolute atomic E-state index is 15.1. The molecule has 0 atom stereocenters. The molecule has 0 amide bonds. The van der Waals surface area contributed by atoms with E-state index in [0.29, 0.717) is 17.8 Å². The lowest BCUT2D eigenvalue weighted by atomic mass is 9.91. The van der Waals surface area contributed by atoms with Crippen molar-refractivity contribution >= 4 is 15.7 Å². The minimum Gasteiger partial charge on any atom is -0.480 e. The molecule has 1 aliphatic carbocycles. The average molecular weight is 512 g/mol. The average Bonchev–Trinajstić information content (AvgIpc) is 2.84. The Kier molecular flexibility index (Phi) is 7.17. The number of aromatic nitrogens is 2. The van der Waals surface area contributed by atoms with Crippen molar-refractivity contribution < 1.29 is 17.5 Å². The molecule has 5 rings (SSSR count). The Morgan fingerprint density at radius 1 is 1.06 bits per heavy atom. The van der Waals surface area contributed by atoms with Gasteiger partial charge in [0, 0.05) is 56.7 Å². The lowest BCUT2D eigenvalue weighted by molar-refractivity contribution is 0.0587. The zero-order valence-electron chi connectivity index (χ0n) is 20.2. The van der Waals surface area contributed by atoms with Gasteiger partial charge >= 0.3 is 0 Å². The molecule has 8 nitrogen and oxygen atoms in total. The Balaban J connectivity index is 1.27. The van der Waals surface area contributed by atoms with Crippen LogP contribution in [0.15, 0.2) is 59.8 Å². The number of halogens is 1. The summed E-state index contributed by atoms with van der Waals surface area (Å²) in [5, 5.41) is 0. The van der Waals surface area contributed by atoms with Crippen LogP contribution in [0.2, 0.25) is 0 Å². The van der Waals surface area contributed by atoms with Crippen LogP contribution in [0.4, 0.5) is 10.1 Å². The van der Waals surface area contributed by atoms with E-state index in [-0.39, 0.29) is 22.3 Å². The number of hydrogen-bond donors (Lipinski definition) is 1. The van der Waals surface area contributed by atoms with Gasteiger partial charge in [0.2, 0.25) is 5.88 Å². The van der Waals surface area contributed by atoms with E-state index in [1.165, 1.54) is 63.0 Å². The fourth-order valence-electron chi connectivity index (χ4n) is 4.75. The largest absolute Gasteiger partial charge is 0.480 e. The minimum atomic E-state index is -3.96. The highest BCUT2D eigenvalue weighted by molar-refractivity contribution is 7.92. The van der Waals surface area contributed by atoms with Crippen molar-refractivity contribution in [2.45, 2.75) is 36.7 Å². The van der Waals surface area contributed by atoms with E-state index in [1.54, 1.807) is 12.1 Å². The predicted octanol–water partition coefficient (Wildman–Crippen LogP) is 3.76. The van der Waals surface area contributed by atoms with Gasteiger partial charge in [-0.15, -0.1) is 0 Å². The molecular weight excluding hydrogens is 481 g/mol. The van der Waals surface area contributed by atoms with Crippen LogP contribution in [0.25, 0.3) is 11.3 Å². The zero-order valence-corrected chi connectivity index (χ0v) is 21.0. The molecule has 0 spiro atoms. The third-order valence-electron chi connectivity index (χ3n) is 6.94. The molecule has 1 aromatic carbocycles. The predicted molar refractivity (Wildman–Crippen MR) is 136 cm³/mol. The quantitative estimate of drug-likeness (QED) is 0.493. The number of anilines is 1. The highest BCUT2D eigenvalue weighted by atomic mass is 32.2. The number of nitrogens with one attached hydrogen (secondary N) is 1. The number of pyridine rings is 2. The summed E-state index contributed by atoms with van der Waals surface area (Å²) in [5.74, 6) is -0.396. The van der Waals surface area contributed by atoms with Crippen LogP contribution in [-0.4, -0.2) is 67.5 Å². The van der Waals surface area contributed by atoms with Gasteiger partial charge in [0.25, 0.3) is 10.0 Å². The number of benzene rings is 1. The van der Waals surface area contributed by atoms with Gasteiger partial charge in [0.1, 0.15) is 10.7 Å². The van der Waals surface area contributed by atoms with Crippen LogP contribution in [0, 0.1) is 5.82 Å². The van der Waals surface area contributed by atoms with Crippen molar-refractivity contribution in [1.29, 1.82) is 0 Å². The number of rotatable bonds is 8. The number of nitrogens with zero attached hydrogens (tertiary/aromatic N) is 4. The van der Waals surface area contributed by atoms with E-state index in [0.717, 1.165) is 37.8 Å². The molecule has 2 fully saturated rings. The third-order valence-corrected chi connectivity index (χ3v) is 8.34. The molecule has 0 radical (unpaired) electrons. The van der Waals surface area contributed by atoms with E-state index >= 15 is 4.39 Å². The van der Waals surface area contributed by atoms with Crippen LogP contribution in [0.5, 0.6) is 5.88 Å². The van der Waals surface area contributed by atoms with Gasteiger partial charge in [-0.3, -0.25) is 19.5 Å². The lowest BCUT2D eigenvalue weighted by Gasteiger charge is -2.43. The molecule has 1 aliphatic heterocycles. The number of hydrogen-bond acceptors (Lipinski definition) is 7. The summed E-state index contributed by atoms with van der Waals surface area (Å²) in [4.78, 5) is 13.1. The Labute approximate surface area is 211 Å². The van der Waals surface area contributed by atoms with Crippen LogP contribution in [0.1, 0.15) is 24.8 Å². The van der Waals surface area contributed by atoms with Crippen molar-refractivity contribution in [3.8, 4) is 17.1 Å². The number of ether oxygens (including phenoxy) is 1. The molecule has 10 heteroatoms. The van der Waals surface area contributed by atoms with Crippen molar-refractivity contribution in [2.75, 3.05) is 38.0 Å². The van der Waals surface area contributed by atoms with Gasteiger partial charge in [-0.1, -0.05) is 12.5 Å². The topological polar surface area (TPSA) is 87.7 Å². The molecule has 3 heterocycles. The first-order valence-electron chi connectivity index (χ1n) is 12.2. The molecule has 2 aromatic heterocycles. The standard InChI is InChI=1S/C26H30FN5O3S/c1-35-26-25(6-3-10-29-26)36(33,34)30-20-9-11-28-24(17-20)22-8-7-19(16-23(22)27)18-31-12-14-32(15-13-31)21-4-2-5-21/h3,6-11,16-17,21H,2,4-5,12-15,18H2,1H3,(H,28,30). The van der Waals surface area contributed by atoms with Gasteiger partial charge in [0.15, 0.2) is 0 Å². The van der Waals surface area contributed by atoms with Crippen LogP contribution in [0.3, 0.4) is 0 Å². The van der Waals surface area contributed by atoms with E-state index < -0.39 is 10.0 Å². The normalized spacial score (nSPS) is 17.5. The fourth-order valence-corrected chi connectivity index (χ4v) is 5.92. The summed E-state index contributed by atoms with van der Waals surface area (Å²) < 4.78 is 48.4. The molecule has 190 valence electrons. The van der Waals surface area contributed by atoms with Gasteiger partial charge in [0.05, 0.1) is 18.5 Å². The molecule has 0 bridgehead atoms. The van der Waals surface area contributed by atoms with Crippen molar-refractivity contribution in [3.05, 3.63) is 66.2 Å². The highest BCUT2D eigenvalue weighted by Gasteiger charge is 2.28. The zero-order chi connectivity index (χ0) is 25.1. The number of sulfonamides is 1. The lowest BCUT2D eigenvalue weighted by Crippen LogP contribution is -2.51. The molecule has 3 aromatic rings. The van der Waals surface area contributed by atoms with Crippen LogP contribution < -0.4 is 9.46 Å². The number of methoxy groups -OCH3 is 1. The summed E-state index contributed by atoms with van der Waals surface area (Å²) in [6.07, 6.45) is 6.88. The SMILES string of the molecule is COc1ncccc1S(=O)(=O)Nc1ccnc(-c2ccc(CN3CCN(C4CCC4)CC3)cc2F)c1. The van der Waals surface area contributed by atoms with Crippen LogP contribution >= 0.6 is 0 Å². The summed E-state index contributed by atoms with van der Waals surface area (Å²) in [7, 11) is -2.61. The molecule has 36 heavy (non-hydrogen) atoms. The van der Waals surface area contributed by atoms with E-state index in [2.05, 4.69) is 24.5 Å². The second kappa shape index (κ2) is 10.5. The van der Waals surface area contributed by atoms with E-state index in [4.69, 9.17) is 4.74 Å². The molecule has 0 unspecified atom stereocenters. The maximum atomic E-state index is 15.1. The third kappa shape index (κ3) is 5.35. The highest BCUT2D eigenvalue weighted by Crippen LogP contribution is 2.28. The van der Waals surface area contributed by atoms with E-state index in [1.807, 2.05) is 6.07 Å². The summed E-state index contributed by atoms with van der Waals surface area (Å²) in [5.41, 5.74) is 1.83. The first-order chi connectivity index (χ1) is 17.4. The van der Waals surface area contributed by atoms with Crippen molar-refractivity contribution in [2.24, 2.45) is 0 Å². The molecular formula is C26H30FN5O3S. The Hall–Kier alpha value is -3.08. The first-order valence-corrected chi connectivity index (χ1v) is 13.6. The summed E-state index contributed by atoms with van der Waals surface area (Å²) in [6, 6.07) is 11.9. The molecule has 1 N–H and O–H groups in total. The second-order valence-corrected chi connectivity index (χ2v) is 10.9. The first kappa shape index (κ1) is 24.6. The van der Waals surface area contributed by atoms with Crippen molar-refractivity contribution in [1.82, 2.24) is 19.8 Å². The Morgan fingerprint density at radius 2 is 1.86 bits per heavy atom. The van der Waals surface area contributed by atoms with Crippen LogP contribution in [-0.2, 0) is 16.6 Å². The minimum absolute atomic E-state index is 0.00892. The van der Waals surface area contributed by atoms with Crippen molar-refractivity contribution in [3.63, 3.8) is 0 Å². The van der Waals surface area contributed by atoms with Gasteiger partial charge < -0.3 is 4.74 Å². The number of piperazine rings is 1. The molecule has 1 saturated carbocycles. The van der Waals surface area contributed by atoms with Gasteiger partial charge in [-0.05, 0) is 54.8 Å². The Bertz CT molecular complexity index is 1320. The summed E-state index contributed by atoms with van der Waals surface area (Å²) >= 11 is 0. The van der Waals surface area contributed by atoms with Gasteiger partial charge in [-0.25, -0.2) is 17.8 Å². The monoisotopic (exact) mass is 511 g/mol. The van der Waals surface area contributed by atoms with E-state index in [9.17, 15) is 8.42 Å². The Morgan fingerprint density at radius 3 is 2.56 bits per heavy atom. The molecule has 2 aliphatic rings. The smallest absolute Gasteiger partial charge is 0.267 e.